The second-order valence-electron chi connectivity index (χ2n) is 6.85. The quantitative estimate of drug-likeness (QED) is 0.166. The Morgan fingerprint density at radius 2 is 1.76 bits per heavy atom. The Morgan fingerprint density at radius 3 is 2.44 bits per heavy atom. The predicted molar refractivity (Wildman–Crippen MR) is 113 cm³/mol. The maximum absolute atomic E-state index is 12.1. The van der Waals surface area contributed by atoms with Crippen LogP contribution in [0.15, 0.2) is 48.5 Å². The van der Waals surface area contributed by atoms with E-state index >= 15 is 0 Å². The number of imide groups is 1. The first-order valence-electron chi connectivity index (χ1n) is 9.51. The monoisotopic (exact) mass is 493 g/mol. The summed E-state index contributed by atoms with van der Waals surface area (Å²) in [5, 5.41) is 21.3. The Labute approximate surface area is 192 Å². The number of ether oxygens (including phenoxy) is 1. The van der Waals surface area contributed by atoms with Crippen molar-refractivity contribution in [2.24, 2.45) is 0 Å². The lowest BCUT2D eigenvalue weighted by Gasteiger charge is -2.36. The molecular weight excluding hydrogens is 474 g/mol. The molecule has 0 radical (unpaired) electrons. The second kappa shape index (κ2) is 10.1. The van der Waals surface area contributed by atoms with E-state index in [4.69, 9.17) is 4.74 Å². The molecule has 1 fully saturated rings. The summed E-state index contributed by atoms with van der Waals surface area (Å²) in [7, 11) is -4.66. The first-order valence-corrected chi connectivity index (χ1v) is 11.0. The highest BCUT2D eigenvalue weighted by Crippen LogP contribution is 2.27. The van der Waals surface area contributed by atoms with Gasteiger partial charge in [0.15, 0.2) is 11.5 Å². The van der Waals surface area contributed by atoms with Crippen LogP contribution in [0.3, 0.4) is 0 Å². The van der Waals surface area contributed by atoms with Gasteiger partial charge in [-0.1, -0.05) is 36.4 Å². The highest BCUT2D eigenvalue weighted by atomic mass is 32.2. The normalized spacial score (nSPS) is 15.1. The molecule has 14 nitrogen and oxygen atoms in total. The third-order valence-corrected chi connectivity index (χ3v) is 5.27. The van der Waals surface area contributed by atoms with Crippen LogP contribution < -0.4 is 20.3 Å². The summed E-state index contributed by atoms with van der Waals surface area (Å²) in [5.74, 6) is -3.40. The van der Waals surface area contributed by atoms with Crippen LogP contribution in [-0.2, 0) is 26.3 Å². The summed E-state index contributed by atoms with van der Waals surface area (Å²) in [6.07, 6.45) is -0.894. The van der Waals surface area contributed by atoms with Crippen molar-refractivity contribution in [2.45, 2.75) is 12.6 Å². The standard InChI is InChI=1S/C19H19N5O9S/c25-14-8-4-7-12(15(14)26)16(27)21-23-34(31,32)22-18(29)24-9-13(17(24)28)20-19(30)33-10-11-5-2-1-3-6-11/h1-8,13,23,25-26H,9-10H2,(H,20,30)(H,21,27)(H,22,29)/t13-/m0/s1. The van der Waals surface area contributed by atoms with Crippen LogP contribution in [0.5, 0.6) is 11.5 Å². The van der Waals surface area contributed by atoms with Gasteiger partial charge in [-0.3, -0.25) is 19.9 Å². The molecule has 1 heterocycles. The molecule has 1 atom stereocenters. The molecule has 34 heavy (non-hydrogen) atoms. The molecule has 2 aromatic carbocycles. The molecule has 1 saturated heterocycles. The van der Waals surface area contributed by atoms with Crippen molar-refractivity contribution in [1.82, 2.24) is 25.2 Å². The van der Waals surface area contributed by atoms with E-state index in [0.717, 1.165) is 17.7 Å². The highest BCUT2D eigenvalue weighted by molar-refractivity contribution is 7.88. The van der Waals surface area contributed by atoms with Gasteiger partial charge in [0, 0.05) is 0 Å². The van der Waals surface area contributed by atoms with Gasteiger partial charge in [-0.2, -0.15) is 8.42 Å². The summed E-state index contributed by atoms with van der Waals surface area (Å²) in [5.41, 5.74) is 2.00. The molecule has 0 unspecified atom stereocenters. The largest absolute Gasteiger partial charge is 0.504 e. The number of rotatable bonds is 7. The van der Waals surface area contributed by atoms with Gasteiger partial charge >= 0.3 is 22.3 Å². The lowest BCUT2D eigenvalue weighted by molar-refractivity contribution is -0.139. The molecule has 0 spiro atoms. The number of aromatic hydroxyl groups is 2. The number of hydrazine groups is 1. The number of benzene rings is 2. The van der Waals surface area contributed by atoms with Crippen molar-refractivity contribution >= 4 is 34.1 Å². The van der Waals surface area contributed by atoms with E-state index in [1.807, 2.05) is 0 Å². The number of phenols is 2. The van der Waals surface area contributed by atoms with Gasteiger partial charge < -0.3 is 20.3 Å². The maximum atomic E-state index is 12.1. The molecule has 2 aromatic rings. The van der Waals surface area contributed by atoms with Gasteiger partial charge in [-0.05, 0) is 17.7 Å². The van der Waals surface area contributed by atoms with Crippen molar-refractivity contribution in [3.05, 3.63) is 59.7 Å². The number of nitrogens with one attached hydrogen (secondary N) is 4. The van der Waals surface area contributed by atoms with Crippen molar-refractivity contribution in [3.8, 4) is 11.5 Å². The van der Waals surface area contributed by atoms with Crippen molar-refractivity contribution < 1.29 is 42.5 Å². The maximum Gasteiger partial charge on any atom is 0.408 e. The minimum atomic E-state index is -4.66. The predicted octanol–water partition coefficient (Wildman–Crippen LogP) is -0.576. The number of para-hydroxylation sites is 1. The highest BCUT2D eigenvalue weighted by Gasteiger charge is 2.43. The zero-order chi connectivity index (χ0) is 24.9. The minimum Gasteiger partial charge on any atom is -0.504 e. The molecule has 6 N–H and O–H groups in total. The van der Waals surface area contributed by atoms with Crippen molar-refractivity contribution in [1.29, 1.82) is 0 Å². The van der Waals surface area contributed by atoms with E-state index in [1.165, 1.54) is 10.8 Å². The van der Waals surface area contributed by atoms with Gasteiger partial charge in [0.2, 0.25) is 0 Å². The van der Waals surface area contributed by atoms with E-state index < -0.39 is 57.3 Å². The van der Waals surface area contributed by atoms with Gasteiger partial charge in [0.25, 0.3) is 11.8 Å². The first kappa shape index (κ1) is 24.3. The molecule has 0 bridgehead atoms. The summed E-state index contributed by atoms with van der Waals surface area (Å²) in [4.78, 5) is 49.9. The zero-order valence-corrected chi connectivity index (χ0v) is 18.0. The third kappa shape index (κ3) is 5.90. The number of alkyl carbamates (subject to hydrolysis) is 1. The Hall–Kier alpha value is -4.37. The van der Waals surface area contributed by atoms with E-state index in [2.05, 4.69) is 5.32 Å². The summed E-state index contributed by atoms with van der Waals surface area (Å²) >= 11 is 0. The lowest BCUT2D eigenvalue weighted by Crippen LogP contribution is -2.68. The van der Waals surface area contributed by atoms with Gasteiger partial charge in [0.05, 0.1) is 12.1 Å². The molecule has 1 aliphatic heterocycles. The van der Waals surface area contributed by atoms with Gasteiger partial charge in [-0.15, -0.1) is 4.83 Å². The Morgan fingerprint density at radius 1 is 1.06 bits per heavy atom. The van der Waals surface area contributed by atoms with Crippen LogP contribution in [0, 0.1) is 0 Å². The fraction of sp³-hybridized carbons (Fsp3) is 0.158. The Balaban J connectivity index is 1.44. The molecule has 0 saturated carbocycles. The number of nitrogens with zero attached hydrogens (tertiary/aromatic N) is 1. The van der Waals surface area contributed by atoms with E-state index in [9.17, 15) is 37.8 Å². The number of carbonyl (C=O) groups excluding carboxylic acids is 4. The van der Waals surface area contributed by atoms with Gasteiger partial charge in [0.1, 0.15) is 12.6 Å². The minimum absolute atomic E-state index is 0.0339. The average molecular weight is 493 g/mol. The number of hydrogen-bond acceptors (Lipinski definition) is 9. The topological polar surface area (TPSA) is 203 Å². The molecule has 0 aliphatic carbocycles. The van der Waals surface area contributed by atoms with E-state index in [1.54, 1.807) is 40.6 Å². The van der Waals surface area contributed by atoms with Crippen molar-refractivity contribution in [2.75, 3.05) is 6.54 Å². The number of carbonyl (C=O) groups is 4. The third-order valence-electron chi connectivity index (χ3n) is 4.46. The number of β-lactam (4-membered cyclic amide) rings is 1. The molecule has 180 valence electrons. The summed E-state index contributed by atoms with van der Waals surface area (Å²) < 4.78 is 30.4. The number of amides is 5. The molecule has 1 aliphatic rings. The Kier molecular flexibility index (Phi) is 7.18. The second-order valence-corrected chi connectivity index (χ2v) is 8.26. The first-order chi connectivity index (χ1) is 16.1. The molecule has 15 heteroatoms. The lowest BCUT2D eigenvalue weighted by atomic mass is 10.1. The average Bonchev–Trinajstić information content (AvgIpc) is 2.80. The van der Waals surface area contributed by atoms with Crippen LogP contribution in [0.4, 0.5) is 9.59 Å². The van der Waals surface area contributed by atoms with Crippen LogP contribution in [0.1, 0.15) is 15.9 Å². The fourth-order valence-corrected chi connectivity index (χ4v) is 3.33. The molecule has 3 rings (SSSR count). The fourth-order valence-electron chi connectivity index (χ4n) is 2.71. The summed E-state index contributed by atoms with van der Waals surface area (Å²) in [6.45, 7) is -0.349. The molecule has 5 amide bonds. The molecular formula is C19H19N5O9S. The number of hydrogen-bond donors (Lipinski definition) is 6. The van der Waals surface area contributed by atoms with Crippen LogP contribution in [0.25, 0.3) is 0 Å². The van der Waals surface area contributed by atoms with E-state index in [0.29, 0.717) is 4.90 Å². The SMILES string of the molecule is O=C(N[C@H]1CN(C(=O)NS(=O)(=O)NNC(=O)c2cccc(O)c2O)C1=O)OCc1ccccc1. The van der Waals surface area contributed by atoms with E-state index in [-0.39, 0.29) is 13.2 Å². The van der Waals surface area contributed by atoms with Gasteiger partial charge in [-0.25, -0.2) is 14.3 Å². The van der Waals surface area contributed by atoms with Crippen LogP contribution in [0.2, 0.25) is 0 Å². The van der Waals surface area contributed by atoms with Crippen molar-refractivity contribution in [3.63, 3.8) is 0 Å². The van der Waals surface area contributed by atoms with Crippen LogP contribution in [-0.4, -0.2) is 60.1 Å². The Bertz CT molecular complexity index is 1220. The summed E-state index contributed by atoms with van der Waals surface area (Å²) in [6, 6.07) is 9.80. The zero-order valence-electron chi connectivity index (χ0n) is 17.2. The number of likely N-dealkylation sites (tertiary alicyclic amines) is 1. The molecule has 0 aromatic heterocycles. The van der Waals surface area contributed by atoms with Crippen LogP contribution >= 0.6 is 0 Å². The number of urea groups is 1. The number of phenolic OH excluding ortho intramolecular Hbond substituents is 2. The smallest absolute Gasteiger partial charge is 0.408 e.